The second-order valence-electron chi connectivity index (χ2n) is 4.32. The molecule has 0 heterocycles. The lowest BCUT2D eigenvalue weighted by Crippen LogP contribution is -2.11. The van der Waals surface area contributed by atoms with E-state index in [0.29, 0.717) is 5.56 Å². The molecule has 0 unspecified atom stereocenters. The number of rotatable bonds is 8. The number of unbranched alkanes of at least 4 members (excludes halogenated alkanes) is 4. The third-order valence-corrected chi connectivity index (χ3v) is 3.40. The van der Waals surface area contributed by atoms with Crippen molar-refractivity contribution in [1.29, 1.82) is 5.41 Å². The number of ether oxygens (including phenoxy) is 1. The molecule has 1 aromatic carbocycles. The van der Waals surface area contributed by atoms with Gasteiger partial charge in [-0.15, -0.1) is 0 Å². The molecule has 0 radical (unpaired) electrons. The van der Waals surface area contributed by atoms with Gasteiger partial charge in [-0.1, -0.05) is 32.6 Å². The van der Waals surface area contributed by atoms with Gasteiger partial charge in [-0.25, -0.2) is 0 Å². The summed E-state index contributed by atoms with van der Waals surface area (Å²) < 4.78 is 6.46. The molecule has 3 nitrogen and oxygen atoms in total. The summed E-state index contributed by atoms with van der Waals surface area (Å²) in [5.41, 5.74) is 6.14. The minimum Gasteiger partial charge on any atom is -0.494 e. The summed E-state index contributed by atoms with van der Waals surface area (Å²) in [5.74, 6) is 0.885. The van der Waals surface area contributed by atoms with Crippen molar-refractivity contribution < 1.29 is 4.74 Å². The van der Waals surface area contributed by atoms with Gasteiger partial charge in [0.2, 0.25) is 0 Å². The van der Waals surface area contributed by atoms with Crippen LogP contribution in [0.25, 0.3) is 0 Å². The summed E-state index contributed by atoms with van der Waals surface area (Å²) >= 11 is 3.39. The van der Waals surface area contributed by atoms with Crippen LogP contribution >= 0.6 is 15.9 Å². The fourth-order valence-corrected chi connectivity index (χ4v) is 2.27. The third kappa shape index (κ3) is 5.08. The first kappa shape index (κ1) is 15.0. The molecule has 18 heavy (non-hydrogen) atoms. The zero-order valence-corrected chi connectivity index (χ0v) is 12.4. The highest BCUT2D eigenvalue weighted by atomic mass is 79.9. The van der Waals surface area contributed by atoms with Gasteiger partial charge in [0.25, 0.3) is 0 Å². The molecule has 0 atom stereocenters. The van der Waals surface area contributed by atoms with Gasteiger partial charge < -0.3 is 10.5 Å². The van der Waals surface area contributed by atoms with E-state index in [1.54, 1.807) is 6.07 Å². The Morgan fingerprint density at radius 3 is 2.61 bits per heavy atom. The summed E-state index contributed by atoms with van der Waals surface area (Å²) in [6.07, 6.45) is 6.17. The number of nitrogens with one attached hydrogen (secondary N) is 1. The van der Waals surface area contributed by atoms with Gasteiger partial charge in [0.1, 0.15) is 11.6 Å². The van der Waals surface area contributed by atoms with Crippen molar-refractivity contribution in [2.75, 3.05) is 6.61 Å². The van der Waals surface area contributed by atoms with E-state index in [-0.39, 0.29) is 5.84 Å². The summed E-state index contributed by atoms with van der Waals surface area (Å²) in [5, 5.41) is 7.39. The summed E-state index contributed by atoms with van der Waals surface area (Å²) in [6, 6.07) is 5.52. The molecule has 0 aliphatic heterocycles. The Morgan fingerprint density at radius 2 is 2.00 bits per heavy atom. The average Bonchev–Trinajstić information content (AvgIpc) is 2.33. The fourth-order valence-electron chi connectivity index (χ4n) is 1.70. The Labute approximate surface area is 117 Å². The van der Waals surface area contributed by atoms with E-state index < -0.39 is 0 Å². The predicted molar refractivity (Wildman–Crippen MR) is 79.4 cm³/mol. The number of nitrogens with two attached hydrogens (primary N) is 1. The number of amidine groups is 1. The Morgan fingerprint density at radius 1 is 1.28 bits per heavy atom. The molecule has 1 aromatic rings. The molecule has 3 N–H and O–H groups in total. The van der Waals surface area contributed by atoms with Crippen molar-refractivity contribution in [2.24, 2.45) is 5.73 Å². The van der Waals surface area contributed by atoms with Crippen LogP contribution in [0.15, 0.2) is 22.7 Å². The van der Waals surface area contributed by atoms with Gasteiger partial charge in [-0.2, -0.15) is 0 Å². The highest BCUT2D eigenvalue weighted by Crippen LogP contribution is 2.23. The Balaban J connectivity index is 2.35. The molecule has 0 aliphatic rings. The monoisotopic (exact) mass is 312 g/mol. The van der Waals surface area contributed by atoms with E-state index in [4.69, 9.17) is 15.9 Å². The van der Waals surface area contributed by atoms with Gasteiger partial charge in [0.15, 0.2) is 0 Å². The maximum atomic E-state index is 7.39. The highest BCUT2D eigenvalue weighted by Gasteiger charge is 2.04. The van der Waals surface area contributed by atoms with Gasteiger partial charge in [0, 0.05) is 10.0 Å². The first-order valence-corrected chi connectivity index (χ1v) is 7.21. The first-order chi connectivity index (χ1) is 8.65. The van der Waals surface area contributed by atoms with Crippen molar-refractivity contribution in [3.63, 3.8) is 0 Å². The molecule has 0 aliphatic carbocycles. The Bertz CT molecular complexity index is 393. The minimum atomic E-state index is 0.0630. The number of halogens is 1. The average molecular weight is 313 g/mol. The first-order valence-electron chi connectivity index (χ1n) is 6.42. The van der Waals surface area contributed by atoms with Crippen LogP contribution in [0.5, 0.6) is 5.75 Å². The van der Waals surface area contributed by atoms with E-state index in [0.717, 1.165) is 23.2 Å². The van der Waals surface area contributed by atoms with Crippen LogP contribution in [0.2, 0.25) is 0 Å². The van der Waals surface area contributed by atoms with E-state index >= 15 is 0 Å². The summed E-state index contributed by atoms with van der Waals surface area (Å²) in [4.78, 5) is 0. The predicted octanol–water partition coefficient (Wildman–Crippen LogP) is 4.08. The van der Waals surface area contributed by atoms with E-state index in [1.807, 2.05) is 12.1 Å². The molecule has 0 saturated carbocycles. The largest absolute Gasteiger partial charge is 0.494 e. The molecule has 0 aromatic heterocycles. The molecule has 0 bridgehead atoms. The normalized spacial score (nSPS) is 10.3. The van der Waals surface area contributed by atoms with Gasteiger partial charge in [-0.05, 0) is 40.5 Å². The fraction of sp³-hybridized carbons (Fsp3) is 0.500. The number of benzene rings is 1. The Hall–Kier alpha value is -1.03. The second-order valence-corrected chi connectivity index (χ2v) is 5.17. The second kappa shape index (κ2) is 8.14. The van der Waals surface area contributed by atoms with E-state index in [9.17, 15) is 0 Å². The van der Waals surface area contributed by atoms with E-state index in [2.05, 4.69) is 22.9 Å². The minimum absolute atomic E-state index is 0.0630. The SMILES string of the molecule is CCCCCCCOc1ccc(C(=N)N)c(Br)c1. The van der Waals surface area contributed by atoms with Crippen LogP contribution in [0.4, 0.5) is 0 Å². The maximum absolute atomic E-state index is 7.39. The maximum Gasteiger partial charge on any atom is 0.123 e. The number of hydrogen-bond donors (Lipinski definition) is 2. The van der Waals surface area contributed by atoms with Crippen LogP contribution in [0, 0.1) is 5.41 Å². The Kier molecular flexibility index (Phi) is 6.80. The number of nitrogen functional groups attached to an aromatic ring is 1. The molecule has 0 fully saturated rings. The quantitative estimate of drug-likeness (QED) is 0.431. The number of hydrogen-bond acceptors (Lipinski definition) is 2. The van der Waals surface area contributed by atoms with Crippen LogP contribution in [-0.2, 0) is 0 Å². The van der Waals surface area contributed by atoms with Crippen LogP contribution in [-0.4, -0.2) is 12.4 Å². The van der Waals surface area contributed by atoms with Crippen LogP contribution < -0.4 is 10.5 Å². The van der Waals surface area contributed by atoms with Crippen molar-refractivity contribution in [2.45, 2.75) is 39.0 Å². The summed E-state index contributed by atoms with van der Waals surface area (Å²) in [6.45, 7) is 2.96. The molecule has 100 valence electrons. The van der Waals surface area contributed by atoms with Gasteiger partial charge in [0.05, 0.1) is 6.61 Å². The van der Waals surface area contributed by atoms with Crippen LogP contribution in [0.1, 0.15) is 44.6 Å². The molecule has 0 amide bonds. The molecule has 1 rings (SSSR count). The zero-order chi connectivity index (χ0) is 13.4. The zero-order valence-electron chi connectivity index (χ0n) is 10.8. The molecular weight excluding hydrogens is 292 g/mol. The summed E-state index contributed by atoms with van der Waals surface area (Å²) in [7, 11) is 0. The standard InChI is InChI=1S/C14H21BrN2O/c1-2-3-4-5-6-9-18-11-7-8-12(14(16)17)13(15)10-11/h7-8,10H,2-6,9H2,1H3,(H3,16,17). The van der Waals surface area contributed by atoms with Gasteiger partial charge >= 0.3 is 0 Å². The highest BCUT2D eigenvalue weighted by molar-refractivity contribution is 9.10. The van der Waals surface area contributed by atoms with Crippen molar-refractivity contribution in [1.82, 2.24) is 0 Å². The molecular formula is C14H21BrN2O. The van der Waals surface area contributed by atoms with E-state index in [1.165, 1.54) is 25.7 Å². The van der Waals surface area contributed by atoms with Gasteiger partial charge in [-0.3, -0.25) is 5.41 Å². The smallest absolute Gasteiger partial charge is 0.123 e. The lowest BCUT2D eigenvalue weighted by molar-refractivity contribution is 0.304. The van der Waals surface area contributed by atoms with Crippen molar-refractivity contribution >= 4 is 21.8 Å². The topological polar surface area (TPSA) is 59.1 Å². The lowest BCUT2D eigenvalue weighted by Gasteiger charge is -2.08. The van der Waals surface area contributed by atoms with Crippen molar-refractivity contribution in [3.8, 4) is 5.75 Å². The van der Waals surface area contributed by atoms with Crippen LogP contribution in [0.3, 0.4) is 0 Å². The molecule has 0 spiro atoms. The molecule has 0 saturated heterocycles. The lowest BCUT2D eigenvalue weighted by atomic mass is 10.2. The molecule has 4 heteroatoms. The van der Waals surface area contributed by atoms with Crippen molar-refractivity contribution in [3.05, 3.63) is 28.2 Å². The third-order valence-electron chi connectivity index (χ3n) is 2.75.